The van der Waals surface area contributed by atoms with Crippen molar-refractivity contribution in [2.75, 3.05) is 7.05 Å². The molecule has 1 heterocycles. The molecule has 0 fully saturated rings. The van der Waals surface area contributed by atoms with Crippen molar-refractivity contribution in [2.24, 2.45) is 0 Å². The smallest absolute Gasteiger partial charge is 0.262 e. The zero-order valence-electron chi connectivity index (χ0n) is 17.2. The topological polar surface area (TPSA) is 66.5 Å². The van der Waals surface area contributed by atoms with Gasteiger partial charge in [0.1, 0.15) is 0 Å². The Morgan fingerprint density at radius 2 is 1.46 bits per heavy atom. The summed E-state index contributed by atoms with van der Waals surface area (Å²) in [7, 11) is 1.53. The molecule has 1 aliphatic heterocycles. The fourth-order valence-electron chi connectivity index (χ4n) is 3.53. The van der Waals surface area contributed by atoms with Crippen LogP contribution in [0.5, 0.6) is 0 Å². The highest BCUT2D eigenvalue weighted by atomic mass is 16.2. The molecule has 0 saturated heterocycles. The molecule has 0 saturated carbocycles. The second-order valence-corrected chi connectivity index (χ2v) is 8.68. The van der Waals surface area contributed by atoms with Gasteiger partial charge in [-0.05, 0) is 48.6 Å². The van der Waals surface area contributed by atoms with Crippen molar-refractivity contribution in [3.63, 3.8) is 0 Å². The average molecular weight is 378 g/mol. The number of benzene rings is 2. The minimum atomic E-state index is -0.832. The highest BCUT2D eigenvalue weighted by Crippen LogP contribution is 2.37. The maximum Gasteiger partial charge on any atom is 0.262 e. The molecule has 0 bridgehead atoms. The number of hydrogen-bond acceptors (Lipinski definition) is 3. The first-order valence-electron chi connectivity index (χ1n) is 9.34. The van der Waals surface area contributed by atoms with Crippen LogP contribution in [-0.2, 0) is 11.0 Å². The van der Waals surface area contributed by atoms with Gasteiger partial charge in [-0.1, -0.05) is 45.0 Å². The van der Waals surface area contributed by atoms with Crippen molar-refractivity contribution < 1.29 is 14.4 Å². The maximum atomic E-state index is 13.1. The zero-order valence-corrected chi connectivity index (χ0v) is 17.2. The Balaban J connectivity index is 2.05. The average Bonchev–Trinajstić information content (AvgIpc) is 2.91. The maximum absolute atomic E-state index is 13.1. The first-order valence-corrected chi connectivity index (χ1v) is 9.34. The summed E-state index contributed by atoms with van der Waals surface area (Å²) in [5, 5.41) is 2.54. The largest absolute Gasteiger partial charge is 0.355 e. The molecule has 2 aromatic carbocycles. The Morgan fingerprint density at radius 1 is 0.857 bits per heavy atom. The van der Waals surface area contributed by atoms with Gasteiger partial charge >= 0.3 is 0 Å². The molecule has 1 N–H and O–H groups in total. The van der Waals surface area contributed by atoms with E-state index in [4.69, 9.17) is 0 Å². The van der Waals surface area contributed by atoms with E-state index in [0.717, 1.165) is 11.1 Å². The van der Waals surface area contributed by atoms with Crippen molar-refractivity contribution >= 4 is 17.7 Å². The Kier molecular flexibility index (Phi) is 4.66. The van der Waals surface area contributed by atoms with Gasteiger partial charge in [0, 0.05) is 12.6 Å². The SMILES string of the molecule is CNC(=O)c1ccc2c(c1)C(=O)N(C(C)(C)c1cccc(C(C)(C)C)c1)C2=O. The number of carbonyl (C=O) groups is 3. The lowest BCUT2D eigenvalue weighted by atomic mass is 9.83. The molecule has 0 atom stereocenters. The molecule has 5 heteroatoms. The number of rotatable bonds is 3. The summed E-state index contributed by atoms with van der Waals surface area (Å²) in [5.41, 5.74) is 2.11. The number of fused-ring (bicyclic) bond motifs is 1. The van der Waals surface area contributed by atoms with Crippen LogP contribution in [-0.4, -0.2) is 29.7 Å². The quantitative estimate of drug-likeness (QED) is 0.825. The summed E-state index contributed by atoms with van der Waals surface area (Å²) in [4.78, 5) is 39.4. The molecule has 1 aliphatic rings. The fraction of sp³-hybridized carbons (Fsp3) is 0.348. The first kappa shape index (κ1) is 19.8. The van der Waals surface area contributed by atoms with E-state index in [1.807, 2.05) is 26.0 Å². The standard InChI is InChI=1S/C23H26N2O3/c1-22(2,3)15-8-7-9-16(13-15)23(4,5)25-20(27)17-11-10-14(19(26)24-6)12-18(17)21(25)28/h7-13H,1-6H3,(H,24,26). The van der Waals surface area contributed by atoms with E-state index in [-0.39, 0.29) is 28.7 Å². The van der Waals surface area contributed by atoms with Gasteiger partial charge in [0.2, 0.25) is 0 Å². The third-order valence-electron chi connectivity index (χ3n) is 5.37. The van der Waals surface area contributed by atoms with E-state index in [1.165, 1.54) is 18.0 Å². The number of carbonyl (C=O) groups excluding carboxylic acids is 3. The van der Waals surface area contributed by atoms with Crippen molar-refractivity contribution in [1.29, 1.82) is 0 Å². The Hall–Kier alpha value is -2.95. The molecule has 0 radical (unpaired) electrons. The van der Waals surface area contributed by atoms with Crippen LogP contribution < -0.4 is 5.32 Å². The van der Waals surface area contributed by atoms with Gasteiger partial charge in [0.05, 0.1) is 16.7 Å². The number of amides is 3. The monoisotopic (exact) mass is 378 g/mol. The summed E-state index contributed by atoms with van der Waals surface area (Å²) in [6.45, 7) is 10.1. The van der Waals surface area contributed by atoms with Crippen LogP contribution in [0.25, 0.3) is 0 Å². The van der Waals surface area contributed by atoms with Gasteiger partial charge in [-0.3, -0.25) is 19.3 Å². The van der Waals surface area contributed by atoms with Crippen molar-refractivity contribution in [3.05, 3.63) is 70.3 Å². The summed E-state index contributed by atoms with van der Waals surface area (Å²) in [6, 6.07) is 12.6. The van der Waals surface area contributed by atoms with Crippen LogP contribution >= 0.6 is 0 Å². The lowest BCUT2D eigenvalue weighted by Gasteiger charge is -2.35. The molecule has 2 aromatic rings. The predicted octanol–water partition coefficient (Wildman–Crippen LogP) is 3.88. The van der Waals surface area contributed by atoms with E-state index in [9.17, 15) is 14.4 Å². The minimum absolute atomic E-state index is 0.0451. The van der Waals surface area contributed by atoms with E-state index in [0.29, 0.717) is 11.1 Å². The predicted molar refractivity (Wildman–Crippen MR) is 109 cm³/mol. The van der Waals surface area contributed by atoms with Crippen LogP contribution in [0.15, 0.2) is 42.5 Å². The third kappa shape index (κ3) is 3.11. The van der Waals surface area contributed by atoms with Gasteiger partial charge in [-0.15, -0.1) is 0 Å². The lowest BCUT2D eigenvalue weighted by Crippen LogP contribution is -2.45. The Bertz CT molecular complexity index is 984. The number of nitrogens with zero attached hydrogens (tertiary/aromatic N) is 1. The third-order valence-corrected chi connectivity index (χ3v) is 5.37. The molecule has 0 aromatic heterocycles. The molecule has 0 spiro atoms. The van der Waals surface area contributed by atoms with Crippen LogP contribution in [0.4, 0.5) is 0 Å². The highest BCUT2D eigenvalue weighted by molar-refractivity contribution is 6.22. The first-order chi connectivity index (χ1) is 13.0. The van der Waals surface area contributed by atoms with Gasteiger partial charge in [0.25, 0.3) is 17.7 Å². The Morgan fingerprint density at radius 3 is 2.07 bits per heavy atom. The summed E-state index contributed by atoms with van der Waals surface area (Å²) in [6.07, 6.45) is 0. The van der Waals surface area contributed by atoms with Crippen molar-refractivity contribution in [1.82, 2.24) is 10.2 Å². The van der Waals surface area contributed by atoms with Crippen LogP contribution in [0.2, 0.25) is 0 Å². The van der Waals surface area contributed by atoms with Crippen LogP contribution in [0, 0.1) is 0 Å². The zero-order chi connectivity index (χ0) is 20.9. The second-order valence-electron chi connectivity index (χ2n) is 8.68. The van der Waals surface area contributed by atoms with E-state index >= 15 is 0 Å². The molecule has 146 valence electrons. The van der Waals surface area contributed by atoms with Gasteiger partial charge < -0.3 is 5.32 Å². The molecule has 0 unspecified atom stereocenters. The highest BCUT2D eigenvalue weighted by Gasteiger charge is 2.45. The Labute approximate surface area is 165 Å². The molecular formula is C23H26N2O3. The number of imide groups is 1. The molecule has 28 heavy (non-hydrogen) atoms. The van der Waals surface area contributed by atoms with Crippen LogP contribution in [0.3, 0.4) is 0 Å². The number of hydrogen-bond donors (Lipinski definition) is 1. The van der Waals surface area contributed by atoms with Crippen molar-refractivity contribution in [2.45, 2.75) is 45.6 Å². The van der Waals surface area contributed by atoms with Gasteiger partial charge in [0.15, 0.2) is 0 Å². The van der Waals surface area contributed by atoms with Gasteiger partial charge in [-0.2, -0.15) is 0 Å². The molecule has 0 aliphatic carbocycles. The van der Waals surface area contributed by atoms with Crippen LogP contribution in [0.1, 0.15) is 76.8 Å². The molecular weight excluding hydrogens is 352 g/mol. The molecule has 3 amide bonds. The summed E-state index contributed by atoms with van der Waals surface area (Å²) < 4.78 is 0. The lowest BCUT2D eigenvalue weighted by molar-refractivity contribution is 0.0475. The summed E-state index contributed by atoms with van der Waals surface area (Å²) >= 11 is 0. The van der Waals surface area contributed by atoms with Crippen molar-refractivity contribution in [3.8, 4) is 0 Å². The summed E-state index contributed by atoms with van der Waals surface area (Å²) in [5.74, 6) is -1.01. The second kappa shape index (κ2) is 6.59. The fourth-order valence-corrected chi connectivity index (χ4v) is 3.53. The van der Waals surface area contributed by atoms with E-state index in [1.54, 1.807) is 12.1 Å². The van der Waals surface area contributed by atoms with E-state index in [2.05, 4.69) is 38.2 Å². The van der Waals surface area contributed by atoms with Gasteiger partial charge in [-0.25, -0.2) is 0 Å². The number of nitrogens with one attached hydrogen (secondary N) is 1. The minimum Gasteiger partial charge on any atom is -0.355 e. The normalized spacial score (nSPS) is 14.3. The van der Waals surface area contributed by atoms with E-state index < -0.39 is 5.54 Å². The molecule has 5 nitrogen and oxygen atoms in total. The molecule has 3 rings (SSSR count).